The Morgan fingerprint density at radius 2 is 1.58 bits per heavy atom. The van der Waals surface area contributed by atoms with Gasteiger partial charge in [0, 0.05) is 0 Å². The smallest absolute Gasteiger partial charge is 0.416 e. The predicted octanol–water partition coefficient (Wildman–Crippen LogP) is 5.00. The molecule has 0 amide bonds. The van der Waals surface area contributed by atoms with E-state index in [0.29, 0.717) is 11.8 Å². The van der Waals surface area contributed by atoms with Crippen molar-refractivity contribution in [2.75, 3.05) is 0 Å². The topological polar surface area (TPSA) is 37.3 Å². The number of rotatable bonds is 2. The van der Waals surface area contributed by atoms with E-state index >= 15 is 0 Å². The van der Waals surface area contributed by atoms with Crippen LogP contribution in [0.25, 0.3) is 5.57 Å². The number of aliphatic carboxylic acids is 1. The normalized spacial score (nSPS) is 31.4. The fourth-order valence-electron chi connectivity index (χ4n) is 5.36. The molecular formula is C19H19F3O2. The molecule has 0 radical (unpaired) electrons. The van der Waals surface area contributed by atoms with Gasteiger partial charge >= 0.3 is 12.1 Å². The number of benzene rings is 1. The minimum Gasteiger partial charge on any atom is -0.478 e. The lowest BCUT2D eigenvalue weighted by molar-refractivity contribution is -0.137. The summed E-state index contributed by atoms with van der Waals surface area (Å²) in [5.41, 5.74) is 0.437. The van der Waals surface area contributed by atoms with Crippen LogP contribution < -0.4 is 0 Å². The van der Waals surface area contributed by atoms with Crippen LogP contribution >= 0.6 is 0 Å². The van der Waals surface area contributed by atoms with Crippen molar-refractivity contribution in [3.05, 3.63) is 41.0 Å². The molecule has 4 aliphatic carbocycles. The van der Waals surface area contributed by atoms with Crippen LogP contribution in [0.2, 0.25) is 0 Å². The van der Waals surface area contributed by atoms with E-state index in [0.717, 1.165) is 43.4 Å². The third kappa shape index (κ3) is 2.54. The molecule has 0 spiro atoms. The first-order valence-electron chi connectivity index (χ1n) is 8.48. The Bertz CT molecular complexity index is 688. The second-order valence-electron chi connectivity index (χ2n) is 7.52. The standard InChI is InChI=1S/C19H19F3O2/c20-19(21,22)15-3-1-2-12(9-15)17(18(23)24)16-13-5-10-4-11(7-13)8-14(16)6-10/h1-3,9-11,13-14H,4-8H2,(H,23,24). The zero-order valence-corrected chi connectivity index (χ0v) is 13.1. The molecule has 4 fully saturated rings. The highest BCUT2D eigenvalue weighted by Gasteiger charge is 2.47. The number of halogens is 3. The number of allylic oxidation sites excluding steroid dienone is 1. The third-order valence-corrected chi connectivity index (χ3v) is 6.00. The van der Waals surface area contributed by atoms with Crippen LogP contribution in [0.5, 0.6) is 0 Å². The van der Waals surface area contributed by atoms with Crippen molar-refractivity contribution in [1.82, 2.24) is 0 Å². The predicted molar refractivity (Wildman–Crippen MR) is 83.0 cm³/mol. The molecular weight excluding hydrogens is 317 g/mol. The number of carboxylic acids is 1. The largest absolute Gasteiger partial charge is 0.478 e. The summed E-state index contributed by atoms with van der Waals surface area (Å²) >= 11 is 0. The average molecular weight is 336 g/mol. The van der Waals surface area contributed by atoms with Crippen LogP contribution in [0.15, 0.2) is 29.8 Å². The molecule has 0 heterocycles. The van der Waals surface area contributed by atoms with E-state index < -0.39 is 17.7 Å². The zero-order valence-electron chi connectivity index (χ0n) is 13.1. The van der Waals surface area contributed by atoms with Crippen LogP contribution in [0.3, 0.4) is 0 Å². The first-order valence-corrected chi connectivity index (χ1v) is 8.48. The summed E-state index contributed by atoms with van der Waals surface area (Å²) < 4.78 is 39.0. The van der Waals surface area contributed by atoms with Crippen LogP contribution in [0.4, 0.5) is 13.2 Å². The van der Waals surface area contributed by atoms with Crippen molar-refractivity contribution in [3.63, 3.8) is 0 Å². The van der Waals surface area contributed by atoms with Gasteiger partial charge in [-0.05, 0) is 79.0 Å². The number of hydrogen-bond donors (Lipinski definition) is 1. The van der Waals surface area contributed by atoms with Gasteiger partial charge in [0.15, 0.2) is 0 Å². The molecule has 24 heavy (non-hydrogen) atoms. The molecule has 1 aromatic carbocycles. The second kappa shape index (κ2) is 5.36. The van der Waals surface area contributed by atoms with Crippen LogP contribution in [-0.4, -0.2) is 11.1 Å². The van der Waals surface area contributed by atoms with Crippen molar-refractivity contribution in [2.24, 2.45) is 23.7 Å². The molecule has 2 nitrogen and oxygen atoms in total. The molecule has 0 unspecified atom stereocenters. The molecule has 1 aromatic rings. The monoisotopic (exact) mass is 336 g/mol. The van der Waals surface area contributed by atoms with Gasteiger partial charge in [-0.15, -0.1) is 0 Å². The molecule has 4 bridgehead atoms. The van der Waals surface area contributed by atoms with Crippen molar-refractivity contribution in [1.29, 1.82) is 0 Å². The maximum atomic E-state index is 13.0. The molecule has 0 aromatic heterocycles. The van der Waals surface area contributed by atoms with E-state index in [1.165, 1.54) is 18.6 Å². The molecule has 4 aliphatic rings. The SMILES string of the molecule is O=C(O)C(=C1C2CC3CC(C2)CC1C3)c1cccc(C(F)(F)F)c1. The lowest BCUT2D eigenvalue weighted by Gasteiger charge is -2.52. The van der Waals surface area contributed by atoms with Gasteiger partial charge in [-0.3, -0.25) is 0 Å². The van der Waals surface area contributed by atoms with E-state index in [9.17, 15) is 23.1 Å². The van der Waals surface area contributed by atoms with Gasteiger partial charge in [-0.25, -0.2) is 4.79 Å². The van der Waals surface area contributed by atoms with Gasteiger partial charge in [0.25, 0.3) is 0 Å². The molecule has 128 valence electrons. The number of carbonyl (C=O) groups is 1. The first kappa shape index (κ1) is 15.7. The zero-order chi connectivity index (χ0) is 17.1. The fraction of sp³-hybridized carbons (Fsp3) is 0.526. The van der Waals surface area contributed by atoms with Crippen molar-refractivity contribution in [2.45, 2.75) is 38.3 Å². The summed E-state index contributed by atoms with van der Waals surface area (Å²) in [7, 11) is 0. The Hall–Kier alpha value is -1.78. The molecule has 5 heteroatoms. The Morgan fingerprint density at radius 3 is 2.08 bits per heavy atom. The molecule has 4 saturated carbocycles. The van der Waals surface area contributed by atoms with Gasteiger partial charge < -0.3 is 5.11 Å². The summed E-state index contributed by atoms with van der Waals surface area (Å²) in [5, 5.41) is 9.77. The highest BCUT2D eigenvalue weighted by molar-refractivity contribution is 6.16. The van der Waals surface area contributed by atoms with E-state index in [1.54, 1.807) is 0 Å². The molecule has 0 aliphatic heterocycles. The van der Waals surface area contributed by atoms with Gasteiger partial charge in [-0.1, -0.05) is 12.1 Å². The number of carboxylic acid groups (broad SMARTS) is 1. The first-order chi connectivity index (χ1) is 11.3. The summed E-state index contributed by atoms with van der Waals surface area (Å²) in [5.74, 6) is 0.723. The maximum Gasteiger partial charge on any atom is 0.416 e. The maximum absolute atomic E-state index is 13.0. The minimum atomic E-state index is -4.46. The Balaban J connectivity index is 1.82. The van der Waals surface area contributed by atoms with Gasteiger partial charge in [-0.2, -0.15) is 13.2 Å². The van der Waals surface area contributed by atoms with E-state index in [-0.39, 0.29) is 23.0 Å². The lowest BCUT2D eigenvalue weighted by Crippen LogP contribution is -2.41. The highest BCUT2D eigenvalue weighted by Crippen LogP contribution is 2.57. The molecule has 5 rings (SSSR count). The van der Waals surface area contributed by atoms with Gasteiger partial charge in [0.1, 0.15) is 0 Å². The van der Waals surface area contributed by atoms with Crippen molar-refractivity contribution >= 4 is 11.5 Å². The Kier molecular flexibility index (Phi) is 3.52. The van der Waals surface area contributed by atoms with E-state index in [4.69, 9.17) is 0 Å². The van der Waals surface area contributed by atoms with E-state index in [1.807, 2.05) is 0 Å². The second-order valence-corrected chi connectivity index (χ2v) is 7.52. The number of alkyl halides is 3. The van der Waals surface area contributed by atoms with Crippen LogP contribution in [-0.2, 0) is 11.0 Å². The van der Waals surface area contributed by atoms with Gasteiger partial charge in [0.2, 0.25) is 0 Å². The van der Waals surface area contributed by atoms with E-state index in [2.05, 4.69) is 0 Å². The average Bonchev–Trinajstić information content (AvgIpc) is 2.49. The fourth-order valence-corrected chi connectivity index (χ4v) is 5.36. The van der Waals surface area contributed by atoms with Crippen LogP contribution in [0, 0.1) is 23.7 Å². The third-order valence-electron chi connectivity index (χ3n) is 6.00. The molecule has 1 N–H and O–H groups in total. The minimum absolute atomic E-state index is 0.120. The lowest BCUT2D eigenvalue weighted by atomic mass is 9.53. The van der Waals surface area contributed by atoms with Gasteiger partial charge in [0.05, 0.1) is 11.1 Å². The van der Waals surface area contributed by atoms with Crippen molar-refractivity contribution in [3.8, 4) is 0 Å². The van der Waals surface area contributed by atoms with Crippen molar-refractivity contribution < 1.29 is 23.1 Å². The summed E-state index contributed by atoms with van der Waals surface area (Å²) in [6.45, 7) is 0. The molecule has 0 saturated heterocycles. The summed E-state index contributed by atoms with van der Waals surface area (Å²) in [6, 6.07) is 4.78. The Morgan fingerprint density at radius 1 is 1.00 bits per heavy atom. The summed E-state index contributed by atoms with van der Waals surface area (Å²) in [4.78, 5) is 11.9. The molecule has 0 atom stereocenters. The highest BCUT2D eigenvalue weighted by atomic mass is 19.4. The quantitative estimate of drug-likeness (QED) is 0.772. The summed E-state index contributed by atoms with van der Waals surface area (Å²) in [6.07, 6.45) is 0.771. The van der Waals surface area contributed by atoms with Crippen LogP contribution in [0.1, 0.15) is 43.2 Å². The Labute approximate surface area is 138 Å². The number of hydrogen-bond acceptors (Lipinski definition) is 1.